The Morgan fingerprint density at radius 2 is 1.71 bits per heavy atom. The first-order chi connectivity index (χ1) is 16.2. The van der Waals surface area contributed by atoms with Gasteiger partial charge in [0.2, 0.25) is 0 Å². The summed E-state index contributed by atoms with van der Waals surface area (Å²) in [7, 11) is -2.07. The number of rotatable bonds is 10. The zero-order valence-electron chi connectivity index (χ0n) is 19.7. The molecule has 9 heteroatoms. The molecule has 0 saturated carbocycles. The summed E-state index contributed by atoms with van der Waals surface area (Å²) in [6.45, 7) is 6.69. The van der Waals surface area contributed by atoms with E-state index in [1.807, 2.05) is 31.2 Å². The summed E-state index contributed by atoms with van der Waals surface area (Å²) in [6, 6.07) is 14.4. The van der Waals surface area contributed by atoms with Crippen molar-refractivity contribution in [2.24, 2.45) is 0 Å². The van der Waals surface area contributed by atoms with E-state index >= 15 is 0 Å². The number of benzene rings is 2. The molecule has 0 aliphatic rings. The second-order valence-corrected chi connectivity index (χ2v) is 10.7. The minimum Gasteiger partial charge on any atom is -0.385 e. The molecule has 1 aromatic heterocycles. The summed E-state index contributed by atoms with van der Waals surface area (Å²) in [6.07, 6.45) is 2.29. The SMILES string of the molecule is COCCCNC(=O)c1ccc(Sc2ccc(NS(=O)(=O)c3c(C)cc(C)cc3C)cc2)nc1. The van der Waals surface area contributed by atoms with E-state index in [0.717, 1.165) is 33.0 Å². The fourth-order valence-electron chi connectivity index (χ4n) is 3.60. The molecular formula is C25H29N3O4S2. The second-order valence-electron chi connectivity index (χ2n) is 7.95. The van der Waals surface area contributed by atoms with Crippen molar-refractivity contribution < 1.29 is 17.9 Å². The lowest BCUT2D eigenvalue weighted by molar-refractivity contribution is 0.0948. The molecule has 0 atom stereocenters. The minimum atomic E-state index is -3.70. The Labute approximate surface area is 205 Å². The maximum atomic E-state index is 13.0. The van der Waals surface area contributed by atoms with Crippen LogP contribution in [0.4, 0.5) is 5.69 Å². The molecule has 0 saturated heterocycles. The predicted molar refractivity (Wildman–Crippen MR) is 135 cm³/mol. The molecule has 1 amide bonds. The first-order valence-electron chi connectivity index (χ1n) is 10.8. The summed E-state index contributed by atoms with van der Waals surface area (Å²) >= 11 is 1.43. The Morgan fingerprint density at radius 1 is 1.03 bits per heavy atom. The quantitative estimate of drug-likeness (QED) is 0.392. The van der Waals surface area contributed by atoms with Crippen molar-refractivity contribution in [1.29, 1.82) is 0 Å². The Hall–Kier alpha value is -2.88. The Kier molecular flexibility index (Phi) is 8.71. The smallest absolute Gasteiger partial charge is 0.262 e. The number of hydrogen-bond donors (Lipinski definition) is 2. The highest BCUT2D eigenvalue weighted by Crippen LogP contribution is 2.29. The molecule has 34 heavy (non-hydrogen) atoms. The minimum absolute atomic E-state index is 0.171. The molecule has 180 valence electrons. The van der Waals surface area contributed by atoms with Crippen molar-refractivity contribution in [1.82, 2.24) is 10.3 Å². The molecule has 3 aromatic rings. The van der Waals surface area contributed by atoms with E-state index in [0.29, 0.717) is 29.3 Å². The van der Waals surface area contributed by atoms with E-state index in [4.69, 9.17) is 4.74 Å². The average Bonchev–Trinajstić information content (AvgIpc) is 2.77. The molecular weight excluding hydrogens is 470 g/mol. The zero-order chi connectivity index (χ0) is 24.7. The van der Waals surface area contributed by atoms with Gasteiger partial charge in [0.15, 0.2) is 0 Å². The first-order valence-corrected chi connectivity index (χ1v) is 13.1. The normalized spacial score (nSPS) is 11.3. The number of carbonyl (C=O) groups is 1. The summed E-state index contributed by atoms with van der Waals surface area (Å²) in [5.41, 5.74) is 3.44. The molecule has 0 aliphatic carbocycles. The van der Waals surface area contributed by atoms with Crippen LogP contribution in [0, 0.1) is 20.8 Å². The lowest BCUT2D eigenvalue weighted by atomic mass is 10.1. The standard InChI is InChI=1S/C25H29N3O4S2/c1-17-14-18(2)24(19(3)15-17)34(30,31)28-21-7-9-22(10-8-21)33-23-11-6-20(16-27-23)25(29)26-12-5-13-32-4/h6-11,14-16,28H,5,12-13H2,1-4H3,(H,26,29). The van der Waals surface area contributed by atoms with Gasteiger partial charge < -0.3 is 10.1 Å². The molecule has 0 unspecified atom stereocenters. The Balaban J connectivity index is 1.62. The number of pyridine rings is 1. The number of ether oxygens (including phenoxy) is 1. The van der Waals surface area contributed by atoms with Crippen molar-refractivity contribution in [3.63, 3.8) is 0 Å². The Morgan fingerprint density at radius 3 is 2.29 bits per heavy atom. The average molecular weight is 500 g/mol. The third-order valence-corrected chi connectivity index (χ3v) is 7.66. The number of hydrogen-bond acceptors (Lipinski definition) is 6. The van der Waals surface area contributed by atoms with Crippen LogP contribution in [0.5, 0.6) is 0 Å². The fraction of sp³-hybridized carbons (Fsp3) is 0.280. The van der Waals surface area contributed by atoms with Gasteiger partial charge >= 0.3 is 0 Å². The van der Waals surface area contributed by atoms with E-state index in [1.165, 1.54) is 11.8 Å². The molecule has 2 N–H and O–H groups in total. The molecule has 0 fully saturated rings. The third kappa shape index (κ3) is 6.82. The second kappa shape index (κ2) is 11.5. The van der Waals surface area contributed by atoms with Crippen molar-refractivity contribution in [2.75, 3.05) is 25.0 Å². The number of amides is 1. The van der Waals surface area contributed by atoms with Crippen molar-refractivity contribution in [3.8, 4) is 0 Å². The fourth-order valence-corrected chi connectivity index (χ4v) is 5.87. The number of methoxy groups -OCH3 is 1. The predicted octanol–water partition coefficient (Wildman–Crippen LogP) is 4.73. The van der Waals surface area contributed by atoms with Gasteiger partial charge in [-0.25, -0.2) is 13.4 Å². The largest absolute Gasteiger partial charge is 0.385 e. The van der Waals surface area contributed by atoms with E-state index < -0.39 is 10.0 Å². The number of aryl methyl sites for hydroxylation is 3. The van der Waals surface area contributed by atoms with E-state index in [9.17, 15) is 13.2 Å². The zero-order valence-corrected chi connectivity index (χ0v) is 21.3. The highest BCUT2D eigenvalue weighted by Gasteiger charge is 2.20. The molecule has 0 bridgehead atoms. The molecule has 2 aromatic carbocycles. The maximum absolute atomic E-state index is 13.0. The van der Waals surface area contributed by atoms with Gasteiger partial charge in [0.1, 0.15) is 5.03 Å². The van der Waals surface area contributed by atoms with E-state index in [1.54, 1.807) is 51.4 Å². The van der Waals surface area contributed by atoms with Crippen LogP contribution in [0.3, 0.4) is 0 Å². The molecule has 7 nitrogen and oxygen atoms in total. The molecule has 0 spiro atoms. The maximum Gasteiger partial charge on any atom is 0.262 e. The van der Waals surface area contributed by atoms with Gasteiger partial charge in [-0.15, -0.1) is 0 Å². The van der Waals surface area contributed by atoms with Crippen LogP contribution in [0.15, 0.2) is 69.5 Å². The lowest BCUT2D eigenvalue weighted by Gasteiger charge is -2.14. The number of nitrogens with zero attached hydrogens (tertiary/aromatic N) is 1. The van der Waals surface area contributed by atoms with Crippen LogP contribution in [0.2, 0.25) is 0 Å². The van der Waals surface area contributed by atoms with Gasteiger partial charge in [0.25, 0.3) is 15.9 Å². The Bertz CT molecular complexity index is 1220. The van der Waals surface area contributed by atoms with Gasteiger partial charge in [-0.3, -0.25) is 9.52 Å². The molecule has 0 aliphatic heterocycles. The van der Waals surface area contributed by atoms with Gasteiger partial charge in [0, 0.05) is 37.0 Å². The first kappa shape index (κ1) is 25.7. The lowest BCUT2D eigenvalue weighted by Crippen LogP contribution is -2.25. The van der Waals surface area contributed by atoms with Gasteiger partial charge in [-0.2, -0.15) is 0 Å². The third-order valence-electron chi connectivity index (χ3n) is 5.01. The van der Waals surface area contributed by atoms with Gasteiger partial charge in [-0.05, 0) is 74.7 Å². The number of aromatic nitrogens is 1. The van der Waals surface area contributed by atoms with Crippen LogP contribution in [0.1, 0.15) is 33.5 Å². The highest BCUT2D eigenvalue weighted by atomic mass is 32.2. The van der Waals surface area contributed by atoms with Crippen LogP contribution >= 0.6 is 11.8 Å². The number of sulfonamides is 1. The number of nitrogens with one attached hydrogen (secondary N) is 2. The molecule has 0 radical (unpaired) electrons. The van der Waals surface area contributed by atoms with Crippen LogP contribution in [-0.4, -0.2) is 39.6 Å². The molecule has 1 heterocycles. The van der Waals surface area contributed by atoms with Crippen molar-refractivity contribution >= 4 is 33.4 Å². The van der Waals surface area contributed by atoms with E-state index in [-0.39, 0.29) is 5.91 Å². The van der Waals surface area contributed by atoms with Gasteiger partial charge in [-0.1, -0.05) is 29.5 Å². The summed E-state index contributed by atoms with van der Waals surface area (Å²) in [5.74, 6) is -0.171. The van der Waals surface area contributed by atoms with E-state index in [2.05, 4.69) is 15.0 Å². The van der Waals surface area contributed by atoms with Crippen LogP contribution < -0.4 is 10.0 Å². The summed E-state index contributed by atoms with van der Waals surface area (Å²) in [4.78, 5) is 17.7. The monoisotopic (exact) mass is 499 g/mol. The topological polar surface area (TPSA) is 97.4 Å². The van der Waals surface area contributed by atoms with Crippen LogP contribution in [0.25, 0.3) is 0 Å². The highest BCUT2D eigenvalue weighted by molar-refractivity contribution is 7.99. The van der Waals surface area contributed by atoms with Crippen molar-refractivity contribution in [3.05, 3.63) is 77.0 Å². The molecule has 3 rings (SSSR count). The van der Waals surface area contributed by atoms with Gasteiger partial charge in [0.05, 0.1) is 10.5 Å². The van der Waals surface area contributed by atoms with Crippen molar-refractivity contribution in [2.45, 2.75) is 42.0 Å². The number of anilines is 1. The summed E-state index contributed by atoms with van der Waals surface area (Å²) < 4.78 is 33.5. The number of carbonyl (C=O) groups excluding carboxylic acids is 1. The summed E-state index contributed by atoms with van der Waals surface area (Å²) in [5, 5.41) is 3.56. The van der Waals surface area contributed by atoms with Crippen LogP contribution in [-0.2, 0) is 14.8 Å².